The van der Waals surface area contributed by atoms with Crippen LogP contribution in [0, 0.1) is 0 Å². The number of halogens is 1. The molecule has 0 saturated carbocycles. The van der Waals surface area contributed by atoms with Crippen LogP contribution in [0.5, 0.6) is 23.0 Å². The Balaban J connectivity index is 0.00000196. The zero-order valence-electron chi connectivity index (χ0n) is 15.5. The molecule has 0 amide bonds. The SMILES string of the molecule is COc1ccc2c(c1O)-c1c(O)c(OC)cc3c1[C@@H](C2)[N+](C)(C)CC3.[Cl-]. The maximum absolute atomic E-state index is 10.9. The van der Waals surface area contributed by atoms with Gasteiger partial charge in [-0.25, -0.2) is 0 Å². The monoisotopic (exact) mass is 377 g/mol. The van der Waals surface area contributed by atoms with Crippen LogP contribution in [0.15, 0.2) is 18.2 Å². The highest BCUT2D eigenvalue weighted by molar-refractivity contribution is 5.87. The molecule has 0 fully saturated rings. The summed E-state index contributed by atoms with van der Waals surface area (Å²) in [6, 6.07) is 5.98. The maximum Gasteiger partial charge on any atom is 0.166 e. The number of hydrogen-bond donors (Lipinski definition) is 2. The molecule has 0 saturated heterocycles. The Bertz CT molecular complexity index is 879. The van der Waals surface area contributed by atoms with Gasteiger partial charge in [-0.3, -0.25) is 0 Å². The number of phenols is 2. The van der Waals surface area contributed by atoms with E-state index in [9.17, 15) is 10.2 Å². The first kappa shape index (κ1) is 18.7. The molecule has 1 aliphatic carbocycles. The average molecular weight is 378 g/mol. The predicted octanol–water partition coefficient (Wildman–Crippen LogP) is 0.0157. The molecule has 5 nitrogen and oxygen atoms in total. The van der Waals surface area contributed by atoms with Crippen LogP contribution in [0.2, 0.25) is 0 Å². The number of phenolic OH excluding ortho intramolecular Hbond substituents is 2. The Hall–Kier alpha value is -2.11. The molecule has 1 heterocycles. The van der Waals surface area contributed by atoms with Gasteiger partial charge in [-0.2, -0.15) is 0 Å². The zero-order chi connectivity index (χ0) is 17.9. The van der Waals surface area contributed by atoms with Gasteiger partial charge >= 0.3 is 0 Å². The van der Waals surface area contributed by atoms with Crippen molar-refractivity contribution in [3.63, 3.8) is 0 Å². The van der Waals surface area contributed by atoms with Crippen LogP contribution >= 0.6 is 0 Å². The molecule has 6 heteroatoms. The third-order valence-electron chi connectivity index (χ3n) is 5.86. The van der Waals surface area contributed by atoms with E-state index < -0.39 is 0 Å². The third kappa shape index (κ3) is 2.42. The molecule has 0 spiro atoms. The Morgan fingerprint density at radius 1 is 0.962 bits per heavy atom. The standard InChI is InChI=1S/C20H23NO4.ClH/c1-21(2)8-7-12-10-15(25-4)20(23)18-16(12)13(21)9-11-5-6-14(24-3)19(22)17(11)18;/h5-6,10,13H,7-9H2,1-4H3,(H-,22,23);1H/t13-;/m1./s1. The first-order valence-corrected chi connectivity index (χ1v) is 8.53. The number of likely N-dealkylation sites (N-methyl/N-ethyl adjacent to an activating group) is 1. The number of benzene rings is 2. The van der Waals surface area contributed by atoms with Crippen LogP contribution in [-0.2, 0) is 12.8 Å². The summed E-state index contributed by atoms with van der Waals surface area (Å²) in [5.74, 6) is 1.05. The average Bonchev–Trinajstić information content (AvgIpc) is 2.59. The minimum Gasteiger partial charge on any atom is -1.00 e. The van der Waals surface area contributed by atoms with E-state index in [1.54, 1.807) is 13.2 Å². The van der Waals surface area contributed by atoms with Crippen molar-refractivity contribution in [2.45, 2.75) is 18.9 Å². The van der Waals surface area contributed by atoms with Crippen LogP contribution in [0.3, 0.4) is 0 Å². The molecule has 140 valence electrons. The summed E-state index contributed by atoms with van der Waals surface area (Å²) >= 11 is 0. The minimum atomic E-state index is 0. The third-order valence-corrected chi connectivity index (χ3v) is 5.86. The summed E-state index contributed by atoms with van der Waals surface area (Å²) in [5.41, 5.74) is 4.72. The van der Waals surface area contributed by atoms with Gasteiger partial charge in [0.05, 0.1) is 34.9 Å². The van der Waals surface area contributed by atoms with Crippen molar-refractivity contribution in [2.75, 3.05) is 34.9 Å². The smallest absolute Gasteiger partial charge is 0.166 e. The van der Waals surface area contributed by atoms with Crippen molar-refractivity contribution in [2.24, 2.45) is 0 Å². The van der Waals surface area contributed by atoms with E-state index >= 15 is 0 Å². The maximum atomic E-state index is 10.9. The Morgan fingerprint density at radius 2 is 1.62 bits per heavy atom. The second-order valence-corrected chi connectivity index (χ2v) is 7.50. The molecule has 1 atom stereocenters. The normalized spacial score (nSPS) is 19.0. The first-order chi connectivity index (χ1) is 11.9. The summed E-state index contributed by atoms with van der Waals surface area (Å²) in [5, 5.41) is 21.7. The molecule has 0 aromatic heterocycles. The van der Waals surface area contributed by atoms with Crippen LogP contribution in [0.1, 0.15) is 22.7 Å². The molecular formula is C20H24ClNO4. The fraction of sp³-hybridized carbons (Fsp3) is 0.400. The molecule has 2 aromatic rings. The van der Waals surface area contributed by atoms with Gasteiger partial charge in [0, 0.05) is 29.5 Å². The van der Waals surface area contributed by atoms with Gasteiger partial charge in [0.1, 0.15) is 6.04 Å². The van der Waals surface area contributed by atoms with E-state index in [-0.39, 0.29) is 29.9 Å². The summed E-state index contributed by atoms with van der Waals surface area (Å²) < 4.78 is 11.6. The second kappa shape index (κ2) is 6.25. The number of aromatic hydroxyl groups is 2. The highest BCUT2D eigenvalue weighted by atomic mass is 35.5. The predicted molar refractivity (Wildman–Crippen MR) is 95.4 cm³/mol. The van der Waals surface area contributed by atoms with E-state index in [2.05, 4.69) is 14.1 Å². The fourth-order valence-corrected chi connectivity index (χ4v) is 4.41. The Kier molecular flexibility index (Phi) is 4.49. The lowest BCUT2D eigenvalue weighted by Crippen LogP contribution is -3.00. The molecule has 2 N–H and O–H groups in total. The van der Waals surface area contributed by atoms with Gasteiger partial charge in [0.2, 0.25) is 0 Å². The van der Waals surface area contributed by atoms with Gasteiger partial charge in [0.15, 0.2) is 23.0 Å². The lowest BCUT2D eigenvalue weighted by Gasteiger charge is -2.46. The fourth-order valence-electron chi connectivity index (χ4n) is 4.41. The summed E-state index contributed by atoms with van der Waals surface area (Å²) in [4.78, 5) is 0. The highest BCUT2D eigenvalue weighted by Gasteiger charge is 2.44. The van der Waals surface area contributed by atoms with E-state index in [0.717, 1.165) is 35.0 Å². The van der Waals surface area contributed by atoms with E-state index in [0.29, 0.717) is 22.6 Å². The number of nitrogens with zero attached hydrogens (tertiary/aromatic N) is 1. The molecular weight excluding hydrogens is 354 g/mol. The van der Waals surface area contributed by atoms with Crippen molar-refractivity contribution in [1.29, 1.82) is 0 Å². The van der Waals surface area contributed by atoms with Crippen molar-refractivity contribution >= 4 is 0 Å². The van der Waals surface area contributed by atoms with Crippen LogP contribution in [-0.4, -0.2) is 49.6 Å². The first-order valence-electron chi connectivity index (χ1n) is 8.53. The Labute approximate surface area is 159 Å². The number of fused-ring (bicyclic) bond motifs is 2. The van der Waals surface area contributed by atoms with E-state index in [1.165, 1.54) is 12.7 Å². The number of hydrogen-bond acceptors (Lipinski definition) is 4. The zero-order valence-corrected chi connectivity index (χ0v) is 16.2. The molecule has 0 unspecified atom stereocenters. The second-order valence-electron chi connectivity index (χ2n) is 7.50. The molecule has 2 aliphatic rings. The quantitative estimate of drug-likeness (QED) is 0.724. The number of rotatable bonds is 2. The van der Waals surface area contributed by atoms with Gasteiger partial charge in [-0.05, 0) is 23.3 Å². The molecule has 0 radical (unpaired) electrons. The van der Waals surface area contributed by atoms with E-state index in [4.69, 9.17) is 9.47 Å². The van der Waals surface area contributed by atoms with Crippen LogP contribution < -0.4 is 21.9 Å². The van der Waals surface area contributed by atoms with Crippen LogP contribution in [0.4, 0.5) is 0 Å². The lowest BCUT2D eigenvalue weighted by molar-refractivity contribution is -0.923. The van der Waals surface area contributed by atoms with Gasteiger partial charge < -0.3 is 36.6 Å². The number of ether oxygens (including phenoxy) is 2. The largest absolute Gasteiger partial charge is 1.00 e. The molecule has 4 rings (SSSR count). The highest BCUT2D eigenvalue weighted by Crippen LogP contribution is 2.56. The molecule has 2 aromatic carbocycles. The Morgan fingerprint density at radius 3 is 2.27 bits per heavy atom. The molecule has 0 bridgehead atoms. The summed E-state index contributed by atoms with van der Waals surface area (Å²) in [6.45, 7) is 1.03. The topological polar surface area (TPSA) is 58.9 Å². The van der Waals surface area contributed by atoms with Gasteiger partial charge in [-0.15, -0.1) is 0 Å². The van der Waals surface area contributed by atoms with Crippen molar-refractivity contribution in [3.8, 4) is 34.1 Å². The van der Waals surface area contributed by atoms with Crippen molar-refractivity contribution in [3.05, 3.63) is 34.9 Å². The van der Waals surface area contributed by atoms with Gasteiger partial charge in [-0.1, -0.05) is 6.07 Å². The minimum absolute atomic E-state index is 0. The van der Waals surface area contributed by atoms with E-state index in [1.807, 2.05) is 12.1 Å². The number of methoxy groups -OCH3 is 2. The summed E-state index contributed by atoms with van der Waals surface area (Å²) in [6.07, 6.45) is 1.74. The molecule has 26 heavy (non-hydrogen) atoms. The number of quaternary nitrogens is 1. The van der Waals surface area contributed by atoms with Gasteiger partial charge in [0.25, 0.3) is 0 Å². The van der Waals surface area contributed by atoms with Crippen molar-refractivity contribution in [1.82, 2.24) is 0 Å². The summed E-state index contributed by atoms with van der Waals surface area (Å²) in [7, 11) is 7.55. The molecule has 1 aliphatic heterocycles. The lowest BCUT2D eigenvalue weighted by atomic mass is 9.75. The van der Waals surface area contributed by atoms with Crippen molar-refractivity contribution < 1.29 is 36.6 Å². The van der Waals surface area contributed by atoms with Crippen LogP contribution in [0.25, 0.3) is 11.1 Å².